The quantitative estimate of drug-likeness (QED) is 0.840. The van der Waals surface area contributed by atoms with Gasteiger partial charge >= 0.3 is 0 Å². The Balaban J connectivity index is 2.82. The summed E-state index contributed by atoms with van der Waals surface area (Å²) in [5.41, 5.74) is 7.48. The van der Waals surface area contributed by atoms with Gasteiger partial charge in [-0.3, -0.25) is 4.90 Å². The monoisotopic (exact) mass is 329 g/mol. The number of nitrogens with two attached hydrogens (primary N) is 1. The molecule has 16 heavy (non-hydrogen) atoms. The van der Waals surface area contributed by atoms with Crippen LogP contribution in [0.4, 0.5) is 0 Å². The zero-order valence-corrected chi connectivity index (χ0v) is 11.6. The van der Waals surface area contributed by atoms with E-state index >= 15 is 0 Å². The van der Waals surface area contributed by atoms with Crippen LogP contribution in [0.2, 0.25) is 0 Å². The second-order valence-corrected chi connectivity index (χ2v) is 4.74. The second kappa shape index (κ2) is 6.84. The molecule has 0 fully saturated rings. The van der Waals surface area contributed by atoms with Crippen LogP contribution < -0.4 is 5.73 Å². The SMILES string of the molecule is CCN(CCN)Cc1cc(C#N)ccc1I. The third kappa shape index (κ3) is 3.74. The number of nitriles is 1. The molecule has 1 aromatic rings. The van der Waals surface area contributed by atoms with Gasteiger partial charge in [0.15, 0.2) is 0 Å². The lowest BCUT2D eigenvalue weighted by Crippen LogP contribution is -2.29. The molecule has 0 atom stereocenters. The smallest absolute Gasteiger partial charge is 0.0991 e. The fourth-order valence-electron chi connectivity index (χ4n) is 1.54. The molecule has 0 aromatic heterocycles. The normalized spacial score (nSPS) is 10.4. The summed E-state index contributed by atoms with van der Waals surface area (Å²) in [6.07, 6.45) is 0. The van der Waals surface area contributed by atoms with E-state index in [1.54, 1.807) is 0 Å². The van der Waals surface area contributed by atoms with Gasteiger partial charge in [0.2, 0.25) is 0 Å². The van der Waals surface area contributed by atoms with Gasteiger partial charge in [-0.25, -0.2) is 0 Å². The van der Waals surface area contributed by atoms with Crippen LogP contribution in [0.1, 0.15) is 18.1 Å². The van der Waals surface area contributed by atoms with Gasteiger partial charge in [0.1, 0.15) is 0 Å². The van der Waals surface area contributed by atoms with Crippen molar-refractivity contribution in [3.05, 3.63) is 32.9 Å². The number of hydrogen-bond acceptors (Lipinski definition) is 3. The number of hydrogen-bond donors (Lipinski definition) is 1. The van der Waals surface area contributed by atoms with Gasteiger partial charge in [-0.2, -0.15) is 5.26 Å². The summed E-state index contributed by atoms with van der Waals surface area (Å²) in [6, 6.07) is 7.97. The van der Waals surface area contributed by atoms with Crippen LogP contribution in [0.15, 0.2) is 18.2 Å². The molecule has 0 aliphatic heterocycles. The predicted octanol–water partition coefficient (Wildman–Crippen LogP) is 1.94. The third-order valence-electron chi connectivity index (χ3n) is 2.46. The van der Waals surface area contributed by atoms with Gasteiger partial charge in [-0.05, 0) is 52.9 Å². The van der Waals surface area contributed by atoms with Crippen molar-refractivity contribution in [3.63, 3.8) is 0 Å². The molecule has 0 saturated heterocycles. The average Bonchev–Trinajstić information content (AvgIpc) is 2.31. The van der Waals surface area contributed by atoms with Crippen LogP contribution in [0, 0.1) is 14.9 Å². The van der Waals surface area contributed by atoms with Crippen molar-refractivity contribution in [2.24, 2.45) is 5.73 Å². The van der Waals surface area contributed by atoms with Gasteiger partial charge < -0.3 is 5.73 Å². The molecule has 0 radical (unpaired) electrons. The van der Waals surface area contributed by atoms with E-state index in [2.05, 4.69) is 40.5 Å². The molecule has 1 aromatic carbocycles. The van der Waals surface area contributed by atoms with E-state index in [0.717, 1.165) is 25.2 Å². The molecular formula is C12H16IN3. The molecule has 4 heteroatoms. The van der Waals surface area contributed by atoms with E-state index < -0.39 is 0 Å². The zero-order chi connectivity index (χ0) is 12.0. The Hall–Kier alpha value is -0.640. The molecule has 0 amide bonds. The summed E-state index contributed by atoms with van der Waals surface area (Å²) in [6.45, 7) is 5.52. The summed E-state index contributed by atoms with van der Waals surface area (Å²) < 4.78 is 1.20. The van der Waals surface area contributed by atoms with Crippen LogP contribution in [-0.4, -0.2) is 24.5 Å². The largest absolute Gasteiger partial charge is 0.329 e. The number of likely N-dealkylation sites (N-methyl/N-ethyl adjacent to an activating group) is 1. The average molecular weight is 329 g/mol. The van der Waals surface area contributed by atoms with Crippen molar-refractivity contribution in [3.8, 4) is 6.07 Å². The Morgan fingerprint density at radius 3 is 2.81 bits per heavy atom. The zero-order valence-electron chi connectivity index (χ0n) is 9.41. The van der Waals surface area contributed by atoms with E-state index in [-0.39, 0.29) is 0 Å². The summed E-state index contributed by atoms with van der Waals surface area (Å²) in [7, 11) is 0. The first kappa shape index (κ1) is 13.4. The fraction of sp³-hybridized carbons (Fsp3) is 0.417. The van der Waals surface area contributed by atoms with Crippen molar-refractivity contribution in [2.75, 3.05) is 19.6 Å². The first-order chi connectivity index (χ1) is 7.71. The van der Waals surface area contributed by atoms with Crippen LogP contribution in [0.3, 0.4) is 0 Å². The maximum absolute atomic E-state index is 8.86. The highest BCUT2D eigenvalue weighted by Gasteiger charge is 2.06. The van der Waals surface area contributed by atoms with Crippen molar-refractivity contribution in [1.82, 2.24) is 4.90 Å². The maximum Gasteiger partial charge on any atom is 0.0991 e. The second-order valence-electron chi connectivity index (χ2n) is 3.58. The van der Waals surface area contributed by atoms with Gasteiger partial charge in [-0.1, -0.05) is 6.92 Å². The summed E-state index contributed by atoms with van der Waals surface area (Å²) in [4.78, 5) is 2.28. The van der Waals surface area contributed by atoms with E-state index in [0.29, 0.717) is 6.54 Å². The number of rotatable bonds is 5. The summed E-state index contributed by atoms with van der Waals surface area (Å²) in [5.74, 6) is 0. The van der Waals surface area contributed by atoms with Gasteiger partial charge in [0, 0.05) is 23.2 Å². The summed E-state index contributed by atoms with van der Waals surface area (Å²) in [5, 5.41) is 8.86. The Kier molecular flexibility index (Phi) is 5.74. The Morgan fingerprint density at radius 2 is 2.25 bits per heavy atom. The lowest BCUT2D eigenvalue weighted by molar-refractivity contribution is 0.287. The van der Waals surface area contributed by atoms with E-state index in [1.165, 1.54) is 9.13 Å². The summed E-state index contributed by atoms with van der Waals surface area (Å²) >= 11 is 2.30. The minimum atomic E-state index is 0.669. The third-order valence-corrected chi connectivity index (χ3v) is 3.51. The lowest BCUT2D eigenvalue weighted by Gasteiger charge is -2.20. The Bertz CT molecular complexity index is 384. The number of halogens is 1. The van der Waals surface area contributed by atoms with Crippen molar-refractivity contribution in [2.45, 2.75) is 13.5 Å². The van der Waals surface area contributed by atoms with E-state index in [9.17, 15) is 0 Å². The van der Waals surface area contributed by atoms with Crippen molar-refractivity contribution >= 4 is 22.6 Å². The molecule has 0 aliphatic carbocycles. The molecule has 86 valence electrons. The van der Waals surface area contributed by atoms with Crippen LogP contribution in [0.25, 0.3) is 0 Å². The van der Waals surface area contributed by atoms with Crippen LogP contribution in [0.5, 0.6) is 0 Å². The molecule has 0 aliphatic rings. The Labute approximate surface area is 110 Å². The molecule has 0 heterocycles. The minimum Gasteiger partial charge on any atom is -0.329 e. The highest BCUT2D eigenvalue weighted by molar-refractivity contribution is 14.1. The molecule has 0 spiro atoms. The fourth-order valence-corrected chi connectivity index (χ4v) is 2.04. The van der Waals surface area contributed by atoms with Gasteiger partial charge in [-0.15, -0.1) is 0 Å². The minimum absolute atomic E-state index is 0.669. The van der Waals surface area contributed by atoms with E-state index in [4.69, 9.17) is 11.0 Å². The molecule has 2 N–H and O–H groups in total. The van der Waals surface area contributed by atoms with Gasteiger partial charge in [0.05, 0.1) is 11.6 Å². The number of nitrogens with zero attached hydrogens (tertiary/aromatic N) is 2. The molecule has 0 saturated carbocycles. The molecule has 3 nitrogen and oxygen atoms in total. The van der Waals surface area contributed by atoms with Crippen LogP contribution in [-0.2, 0) is 6.54 Å². The van der Waals surface area contributed by atoms with Crippen molar-refractivity contribution < 1.29 is 0 Å². The molecule has 0 unspecified atom stereocenters. The molecule has 0 bridgehead atoms. The predicted molar refractivity (Wildman–Crippen MR) is 73.9 cm³/mol. The maximum atomic E-state index is 8.86. The first-order valence-electron chi connectivity index (χ1n) is 5.32. The van der Waals surface area contributed by atoms with E-state index in [1.807, 2.05) is 18.2 Å². The highest BCUT2D eigenvalue weighted by atomic mass is 127. The van der Waals surface area contributed by atoms with Crippen molar-refractivity contribution in [1.29, 1.82) is 5.26 Å². The molecule has 1 rings (SSSR count). The highest BCUT2D eigenvalue weighted by Crippen LogP contribution is 2.16. The molecular weight excluding hydrogens is 313 g/mol. The lowest BCUT2D eigenvalue weighted by atomic mass is 10.1. The first-order valence-corrected chi connectivity index (χ1v) is 6.40. The topological polar surface area (TPSA) is 53.0 Å². The Morgan fingerprint density at radius 1 is 1.50 bits per heavy atom. The van der Waals surface area contributed by atoms with Crippen LogP contribution >= 0.6 is 22.6 Å². The van der Waals surface area contributed by atoms with Gasteiger partial charge in [0.25, 0.3) is 0 Å². The number of benzene rings is 1. The standard InChI is InChI=1S/C12H16IN3/c1-2-16(6-5-14)9-11-7-10(8-15)3-4-12(11)13/h3-4,7H,2,5-6,9,14H2,1H3.